The molecule has 0 amide bonds. The summed E-state index contributed by atoms with van der Waals surface area (Å²) in [7, 11) is 0. The fourth-order valence-corrected chi connectivity index (χ4v) is 1.23. The Labute approximate surface area is 91.8 Å². The van der Waals surface area contributed by atoms with E-state index in [1.165, 1.54) is 0 Å². The molecule has 1 aromatic carbocycles. The molecule has 1 heterocycles. The maximum absolute atomic E-state index is 4.41. The average molecular weight is 350 g/mol. The molecule has 71 valence electrons. The Kier molecular flexibility index (Phi) is 3.79. The Morgan fingerprint density at radius 3 is 2.85 bits per heavy atom. The molecule has 0 saturated carbocycles. The Morgan fingerprint density at radius 1 is 1.46 bits per heavy atom. The van der Waals surface area contributed by atoms with Gasteiger partial charge < -0.3 is 10.3 Å². The maximum Gasteiger partial charge on any atom is 0 e. The van der Waals surface area contributed by atoms with E-state index in [4.69, 9.17) is 0 Å². The molecule has 0 saturated heterocycles. The van der Waals surface area contributed by atoms with Crippen LogP contribution in [0.1, 0.15) is 18.7 Å². The van der Waals surface area contributed by atoms with Gasteiger partial charge in [-0.15, -0.1) is 6.04 Å². The minimum absolute atomic E-state index is 0. The van der Waals surface area contributed by atoms with Crippen LogP contribution < -0.4 is 0 Å². The molecule has 0 spiro atoms. The first kappa shape index (κ1) is 10.6. The van der Waals surface area contributed by atoms with E-state index < -0.39 is 0 Å². The van der Waals surface area contributed by atoms with Gasteiger partial charge in [-0.1, -0.05) is 6.92 Å². The van der Waals surface area contributed by atoms with Gasteiger partial charge >= 0.3 is 0 Å². The molecule has 1 aromatic rings. The minimum atomic E-state index is -0.0128. The predicted octanol–water partition coefficient (Wildman–Crippen LogP) is 2.33. The Balaban J connectivity index is 0.000000845. The van der Waals surface area contributed by atoms with Crippen molar-refractivity contribution in [1.29, 1.82) is 0 Å². The third-order valence-corrected chi connectivity index (χ3v) is 1.83. The van der Waals surface area contributed by atoms with Crippen LogP contribution in [0.15, 0.2) is 29.3 Å². The fraction of sp³-hybridized carbons (Fsp3) is 0.300. The van der Waals surface area contributed by atoms with Gasteiger partial charge in [-0.3, -0.25) is 0 Å². The van der Waals surface area contributed by atoms with E-state index in [1.54, 1.807) is 0 Å². The summed E-state index contributed by atoms with van der Waals surface area (Å²) in [4.78, 5) is 4.26. The van der Waals surface area contributed by atoms with Gasteiger partial charge in [0, 0.05) is 20.1 Å². The van der Waals surface area contributed by atoms with E-state index in [9.17, 15) is 0 Å². The average Bonchev–Trinajstić information content (AvgIpc) is 2.54. The van der Waals surface area contributed by atoms with Crippen molar-refractivity contribution in [1.82, 2.24) is 0 Å². The molecule has 1 aliphatic rings. The second-order valence-electron chi connectivity index (χ2n) is 2.88. The fourth-order valence-electron chi connectivity index (χ4n) is 1.23. The number of hydrogen-bond donors (Lipinski definition) is 0. The zero-order valence-corrected chi connectivity index (χ0v) is 9.66. The van der Waals surface area contributed by atoms with Crippen molar-refractivity contribution < 1.29 is 20.1 Å². The molecule has 2 nitrogen and oxygen atoms in total. The van der Waals surface area contributed by atoms with E-state index in [0.717, 1.165) is 5.56 Å². The molecule has 2 atom stereocenters. The second kappa shape index (κ2) is 4.66. The van der Waals surface area contributed by atoms with E-state index >= 15 is 0 Å². The normalized spacial score (nSPS) is 25.6. The summed E-state index contributed by atoms with van der Waals surface area (Å²) < 4.78 is 0. The zero-order valence-electron chi connectivity index (χ0n) is 7.27. The van der Waals surface area contributed by atoms with Crippen molar-refractivity contribution in [3.63, 3.8) is 0 Å². The van der Waals surface area contributed by atoms with Gasteiger partial charge in [0.1, 0.15) is 0 Å². The second-order valence-corrected chi connectivity index (χ2v) is 2.88. The van der Waals surface area contributed by atoms with Crippen molar-refractivity contribution in [3.8, 4) is 0 Å². The molecule has 0 aromatic heterocycles. The summed E-state index contributed by atoms with van der Waals surface area (Å²) in [5, 5.41) is 4.41. The van der Waals surface area contributed by atoms with Crippen LogP contribution in [-0.4, -0.2) is 12.3 Å². The van der Waals surface area contributed by atoms with Gasteiger partial charge in [0.25, 0.3) is 0 Å². The summed E-state index contributed by atoms with van der Waals surface area (Å²) in [6.45, 7) is 2.03. The molecule has 0 bridgehead atoms. The molecule has 0 aliphatic carbocycles. The van der Waals surface area contributed by atoms with E-state index in [1.807, 2.05) is 37.4 Å². The van der Waals surface area contributed by atoms with Crippen molar-refractivity contribution in [3.05, 3.63) is 41.2 Å². The smallest absolute Gasteiger partial charge is 0 e. The minimum Gasteiger partial charge on any atom is -0.631 e. The molecule has 0 fully saturated rings. The number of rotatable bonds is 1. The van der Waals surface area contributed by atoms with E-state index in [2.05, 4.69) is 16.4 Å². The monoisotopic (exact) mass is 351 g/mol. The number of benzene rings is 1. The van der Waals surface area contributed by atoms with Crippen LogP contribution in [0, 0.1) is 6.07 Å². The predicted molar refractivity (Wildman–Crippen MR) is 49.3 cm³/mol. The number of hydrogen-bond acceptors (Lipinski definition) is 1. The molecule has 13 heavy (non-hydrogen) atoms. The molecular formula is C10H10IrN2-2. The standard InChI is InChI=1S/C10H10N2.Ir/c1-8-7-11-10(12-8)9-5-3-2-4-6-9;/h2-5,7-8,10H,1H3;/q-2;. The van der Waals surface area contributed by atoms with Crippen LogP contribution >= 0.6 is 0 Å². The number of aliphatic imine (C=N–C) groups is 1. The van der Waals surface area contributed by atoms with E-state index in [-0.39, 0.29) is 32.3 Å². The van der Waals surface area contributed by atoms with Gasteiger partial charge in [0.15, 0.2) is 0 Å². The van der Waals surface area contributed by atoms with Crippen LogP contribution in [0.4, 0.5) is 0 Å². The molecule has 3 heteroatoms. The first-order valence-electron chi connectivity index (χ1n) is 4.06. The first-order valence-corrected chi connectivity index (χ1v) is 4.06. The van der Waals surface area contributed by atoms with E-state index in [0.29, 0.717) is 0 Å². The summed E-state index contributed by atoms with van der Waals surface area (Å²) in [5.74, 6) is 0. The van der Waals surface area contributed by atoms with Crippen LogP contribution in [0.25, 0.3) is 5.32 Å². The SMILES string of the molecule is CC1C=NC(c2[c-]cccc2)[N-]1.[Ir]. The van der Waals surface area contributed by atoms with Gasteiger partial charge in [0.2, 0.25) is 0 Å². The Hall–Kier alpha value is -0.501. The first-order chi connectivity index (χ1) is 5.86. The van der Waals surface area contributed by atoms with Gasteiger partial charge in [-0.05, 0) is 12.4 Å². The molecule has 2 rings (SSSR count). The van der Waals surface area contributed by atoms with Crippen LogP contribution in [0.5, 0.6) is 0 Å². The third-order valence-electron chi connectivity index (χ3n) is 1.83. The molecule has 1 radical (unpaired) electrons. The van der Waals surface area contributed by atoms with Gasteiger partial charge in [0.05, 0.1) is 0 Å². The molecular weight excluding hydrogens is 340 g/mol. The zero-order chi connectivity index (χ0) is 8.39. The van der Waals surface area contributed by atoms with Crippen molar-refractivity contribution in [2.24, 2.45) is 4.99 Å². The van der Waals surface area contributed by atoms with Crippen LogP contribution in [0.3, 0.4) is 0 Å². The van der Waals surface area contributed by atoms with Crippen LogP contribution in [0.2, 0.25) is 0 Å². The molecule has 2 unspecified atom stereocenters. The van der Waals surface area contributed by atoms with Gasteiger partial charge in [-0.2, -0.15) is 35.9 Å². The number of nitrogens with zero attached hydrogens (tertiary/aromatic N) is 2. The topological polar surface area (TPSA) is 26.5 Å². The summed E-state index contributed by atoms with van der Waals surface area (Å²) in [5.41, 5.74) is 1.05. The largest absolute Gasteiger partial charge is 0.631 e. The summed E-state index contributed by atoms with van der Waals surface area (Å²) in [6.07, 6.45) is 1.87. The van der Waals surface area contributed by atoms with Crippen LogP contribution in [-0.2, 0) is 20.1 Å². The maximum atomic E-state index is 4.41. The Morgan fingerprint density at radius 2 is 2.31 bits per heavy atom. The van der Waals surface area contributed by atoms with Crippen molar-refractivity contribution in [2.45, 2.75) is 19.1 Å². The molecule has 1 aliphatic heterocycles. The molecule has 0 N–H and O–H groups in total. The quantitative estimate of drug-likeness (QED) is 0.695. The van der Waals surface area contributed by atoms with Crippen molar-refractivity contribution in [2.75, 3.05) is 0 Å². The summed E-state index contributed by atoms with van der Waals surface area (Å²) in [6, 6.07) is 11.2. The Bertz CT molecular complexity index is 284. The third kappa shape index (κ3) is 2.47. The van der Waals surface area contributed by atoms with Crippen molar-refractivity contribution >= 4 is 6.21 Å². The summed E-state index contributed by atoms with van der Waals surface area (Å²) >= 11 is 0. The van der Waals surface area contributed by atoms with Gasteiger partial charge in [-0.25, -0.2) is 0 Å².